The van der Waals surface area contributed by atoms with Crippen LogP contribution in [0.5, 0.6) is 0 Å². The summed E-state index contributed by atoms with van der Waals surface area (Å²) in [6.45, 7) is 6.55. The van der Waals surface area contributed by atoms with Gasteiger partial charge in [0.25, 0.3) is 0 Å². The molecule has 0 bridgehead atoms. The standard InChI is InChI=1S/C15H23ClN2O4S2/c1-15(2,3)22-14(19)18-6-4-11(5-7-18)9-24(20,21)10-12-8-17-13(16)23-12/h8,11H,4-7,9-10H2,1-3H3. The van der Waals surface area contributed by atoms with Gasteiger partial charge in [0.2, 0.25) is 0 Å². The van der Waals surface area contributed by atoms with E-state index >= 15 is 0 Å². The highest BCUT2D eigenvalue weighted by molar-refractivity contribution is 7.90. The smallest absolute Gasteiger partial charge is 0.410 e. The van der Waals surface area contributed by atoms with Crippen molar-refractivity contribution in [1.82, 2.24) is 9.88 Å². The van der Waals surface area contributed by atoms with E-state index in [0.717, 1.165) is 0 Å². The molecule has 9 heteroatoms. The van der Waals surface area contributed by atoms with Crippen LogP contribution in [0.25, 0.3) is 0 Å². The molecule has 0 saturated carbocycles. The Kier molecular flexibility index (Phi) is 6.14. The summed E-state index contributed by atoms with van der Waals surface area (Å²) in [7, 11) is -3.21. The lowest BCUT2D eigenvalue weighted by Gasteiger charge is -2.33. The second kappa shape index (κ2) is 7.58. The molecule has 0 atom stereocenters. The zero-order valence-electron chi connectivity index (χ0n) is 14.1. The number of carbonyl (C=O) groups is 1. The Morgan fingerprint density at radius 2 is 2.04 bits per heavy atom. The molecule has 0 N–H and O–H groups in total. The predicted molar refractivity (Wildman–Crippen MR) is 95.1 cm³/mol. The highest BCUT2D eigenvalue weighted by Gasteiger charge is 2.29. The Morgan fingerprint density at radius 1 is 1.42 bits per heavy atom. The summed E-state index contributed by atoms with van der Waals surface area (Å²) in [6.07, 6.45) is 2.52. The molecule has 1 fully saturated rings. The van der Waals surface area contributed by atoms with Crippen LogP contribution in [0, 0.1) is 5.92 Å². The summed E-state index contributed by atoms with van der Waals surface area (Å²) < 4.78 is 30.3. The molecule has 1 saturated heterocycles. The fourth-order valence-electron chi connectivity index (χ4n) is 2.59. The quantitative estimate of drug-likeness (QED) is 0.782. The van der Waals surface area contributed by atoms with Crippen molar-refractivity contribution in [2.24, 2.45) is 5.92 Å². The van der Waals surface area contributed by atoms with Crippen LogP contribution in [0.2, 0.25) is 4.47 Å². The first-order valence-corrected chi connectivity index (χ1v) is 10.8. The molecule has 0 aromatic carbocycles. The van der Waals surface area contributed by atoms with E-state index in [0.29, 0.717) is 35.3 Å². The average Bonchev–Trinajstić information content (AvgIpc) is 2.81. The van der Waals surface area contributed by atoms with Gasteiger partial charge in [-0.1, -0.05) is 11.6 Å². The van der Waals surface area contributed by atoms with Crippen molar-refractivity contribution in [3.8, 4) is 0 Å². The first-order valence-electron chi connectivity index (χ1n) is 7.83. The molecule has 1 aliphatic rings. The molecule has 0 spiro atoms. The topological polar surface area (TPSA) is 76.6 Å². The van der Waals surface area contributed by atoms with E-state index in [4.69, 9.17) is 16.3 Å². The molecule has 1 amide bonds. The lowest BCUT2D eigenvalue weighted by Crippen LogP contribution is -2.42. The van der Waals surface area contributed by atoms with E-state index in [9.17, 15) is 13.2 Å². The third kappa shape index (κ3) is 6.22. The summed E-state index contributed by atoms with van der Waals surface area (Å²) in [5.74, 6) is 0.172. The number of ether oxygens (including phenoxy) is 1. The predicted octanol–water partition coefficient (Wildman–Crippen LogP) is 3.36. The van der Waals surface area contributed by atoms with Crippen LogP contribution in [0.3, 0.4) is 0 Å². The van der Waals surface area contributed by atoms with Crippen molar-refractivity contribution in [3.05, 3.63) is 15.5 Å². The van der Waals surface area contributed by atoms with Gasteiger partial charge in [0.05, 0.1) is 11.5 Å². The number of halogens is 1. The van der Waals surface area contributed by atoms with E-state index in [2.05, 4.69) is 4.98 Å². The Morgan fingerprint density at radius 3 is 2.54 bits per heavy atom. The fraction of sp³-hybridized carbons (Fsp3) is 0.733. The van der Waals surface area contributed by atoms with Crippen LogP contribution < -0.4 is 0 Å². The van der Waals surface area contributed by atoms with Gasteiger partial charge in [-0.05, 0) is 39.5 Å². The monoisotopic (exact) mass is 394 g/mol. The van der Waals surface area contributed by atoms with Crippen LogP contribution >= 0.6 is 22.9 Å². The van der Waals surface area contributed by atoms with Gasteiger partial charge in [-0.2, -0.15) is 0 Å². The van der Waals surface area contributed by atoms with Crippen molar-refractivity contribution in [2.75, 3.05) is 18.8 Å². The van der Waals surface area contributed by atoms with Gasteiger partial charge in [0, 0.05) is 24.2 Å². The Bertz CT molecular complexity index is 674. The summed E-state index contributed by atoms with van der Waals surface area (Å²) in [5.41, 5.74) is -0.521. The summed E-state index contributed by atoms with van der Waals surface area (Å²) in [6, 6.07) is 0. The molecule has 136 valence electrons. The molecule has 1 aromatic rings. The van der Waals surface area contributed by atoms with Crippen LogP contribution in [-0.2, 0) is 20.3 Å². The Hall–Kier alpha value is -0.860. The van der Waals surface area contributed by atoms with E-state index in [-0.39, 0.29) is 23.5 Å². The van der Waals surface area contributed by atoms with E-state index in [1.807, 2.05) is 20.8 Å². The third-order valence-electron chi connectivity index (χ3n) is 3.64. The van der Waals surface area contributed by atoms with Crippen molar-refractivity contribution in [3.63, 3.8) is 0 Å². The van der Waals surface area contributed by atoms with Crippen molar-refractivity contribution in [1.29, 1.82) is 0 Å². The normalized spacial score (nSPS) is 17.1. The van der Waals surface area contributed by atoms with Crippen LogP contribution in [0.4, 0.5) is 4.79 Å². The van der Waals surface area contributed by atoms with Crippen molar-refractivity contribution < 1.29 is 17.9 Å². The van der Waals surface area contributed by atoms with Crippen LogP contribution in [-0.4, -0.2) is 48.8 Å². The molecule has 0 aliphatic carbocycles. The van der Waals surface area contributed by atoms with Crippen molar-refractivity contribution >= 4 is 38.9 Å². The first kappa shape index (κ1) is 19.5. The van der Waals surface area contributed by atoms with E-state index in [1.165, 1.54) is 17.5 Å². The fourth-order valence-corrected chi connectivity index (χ4v) is 5.82. The molecular weight excluding hydrogens is 372 g/mol. The molecule has 6 nitrogen and oxygen atoms in total. The number of amides is 1. The zero-order valence-corrected chi connectivity index (χ0v) is 16.5. The Labute approximate surface area is 152 Å². The third-order valence-corrected chi connectivity index (χ3v) is 6.67. The van der Waals surface area contributed by atoms with Gasteiger partial charge in [-0.15, -0.1) is 11.3 Å². The molecule has 1 aromatic heterocycles. The number of aromatic nitrogens is 1. The van der Waals surface area contributed by atoms with Gasteiger partial charge in [0.1, 0.15) is 5.60 Å². The highest BCUT2D eigenvalue weighted by Crippen LogP contribution is 2.24. The van der Waals surface area contributed by atoms with Gasteiger partial charge in [0.15, 0.2) is 14.3 Å². The van der Waals surface area contributed by atoms with Gasteiger partial charge >= 0.3 is 6.09 Å². The van der Waals surface area contributed by atoms with E-state index in [1.54, 1.807) is 4.90 Å². The number of hydrogen-bond acceptors (Lipinski definition) is 6. The van der Waals surface area contributed by atoms with Crippen LogP contribution in [0.15, 0.2) is 6.20 Å². The molecule has 0 radical (unpaired) electrons. The Balaban J connectivity index is 1.83. The maximum atomic E-state index is 12.3. The molecule has 2 heterocycles. The van der Waals surface area contributed by atoms with Gasteiger partial charge in [-0.25, -0.2) is 18.2 Å². The number of hydrogen-bond donors (Lipinski definition) is 0. The number of rotatable bonds is 4. The first-order chi connectivity index (χ1) is 11.0. The maximum Gasteiger partial charge on any atom is 0.410 e. The summed E-state index contributed by atoms with van der Waals surface area (Å²) in [5, 5.41) is 0. The minimum atomic E-state index is -3.21. The molecule has 1 aliphatic heterocycles. The molecule has 0 unspecified atom stereocenters. The molecule has 24 heavy (non-hydrogen) atoms. The van der Waals surface area contributed by atoms with Gasteiger partial charge in [-0.3, -0.25) is 0 Å². The lowest BCUT2D eigenvalue weighted by molar-refractivity contribution is 0.0191. The molecular formula is C15H23ClN2O4S2. The number of likely N-dealkylation sites (tertiary alicyclic amines) is 1. The number of carbonyl (C=O) groups excluding carboxylic acids is 1. The minimum Gasteiger partial charge on any atom is -0.444 e. The average molecular weight is 395 g/mol. The second-order valence-electron chi connectivity index (χ2n) is 7.04. The zero-order chi connectivity index (χ0) is 18.0. The SMILES string of the molecule is CC(C)(C)OC(=O)N1CCC(CS(=O)(=O)Cc2cnc(Cl)s2)CC1. The maximum absolute atomic E-state index is 12.3. The minimum absolute atomic E-state index is 0.0241. The summed E-state index contributed by atoms with van der Waals surface area (Å²) >= 11 is 6.93. The number of thiazole rings is 1. The summed E-state index contributed by atoms with van der Waals surface area (Å²) in [4.78, 5) is 18.2. The van der Waals surface area contributed by atoms with Crippen LogP contribution in [0.1, 0.15) is 38.5 Å². The number of nitrogens with zero attached hydrogens (tertiary/aromatic N) is 2. The molecule has 2 rings (SSSR count). The van der Waals surface area contributed by atoms with Crippen molar-refractivity contribution in [2.45, 2.75) is 45.0 Å². The highest BCUT2D eigenvalue weighted by atomic mass is 35.5. The number of sulfone groups is 1. The largest absolute Gasteiger partial charge is 0.444 e. The number of piperidine rings is 1. The second-order valence-corrected chi connectivity index (χ2v) is 10.9. The van der Waals surface area contributed by atoms with Gasteiger partial charge < -0.3 is 9.64 Å². The van der Waals surface area contributed by atoms with E-state index < -0.39 is 15.4 Å². The lowest BCUT2D eigenvalue weighted by atomic mass is 9.99.